The Morgan fingerprint density at radius 3 is 2.85 bits per heavy atom. The number of carbonyl (C=O) groups is 1. The molecule has 1 fully saturated rings. The highest BCUT2D eigenvalue weighted by Crippen LogP contribution is 2.12. The molecule has 7 heteroatoms. The maximum Gasteiger partial charge on any atom is 0.278 e. The first-order chi connectivity index (χ1) is 9.61. The monoisotopic (exact) mass is 272 g/mol. The summed E-state index contributed by atoms with van der Waals surface area (Å²) in [6.45, 7) is 5.58. The SMILES string of the molecule is Cc1cc(C)nc(NC(=O)c2cn(C3CNC3)nn2)c1. The Hall–Kier alpha value is -2.28. The number of nitrogens with one attached hydrogen (secondary N) is 2. The van der Waals surface area contributed by atoms with Gasteiger partial charge in [-0.2, -0.15) is 0 Å². The van der Waals surface area contributed by atoms with Gasteiger partial charge in [0.25, 0.3) is 5.91 Å². The smallest absolute Gasteiger partial charge is 0.278 e. The Balaban J connectivity index is 1.73. The topological polar surface area (TPSA) is 84.7 Å². The van der Waals surface area contributed by atoms with Crippen molar-refractivity contribution in [3.8, 4) is 0 Å². The highest BCUT2D eigenvalue weighted by molar-refractivity contribution is 6.02. The standard InChI is InChI=1S/C13H16N6O/c1-8-3-9(2)15-12(4-8)16-13(20)11-7-19(18-17-11)10-5-14-6-10/h3-4,7,10,14H,5-6H2,1-2H3,(H,15,16,20). The van der Waals surface area contributed by atoms with Crippen LogP contribution in [-0.4, -0.2) is 39.0 Å². The summed E-state index contributed by atoms with van der Waals surface area (Å²) in [4.78, 5) is 16.4. The Bertz CT molecular complexity index is 626. The largest absolute Gasteiger partial charge is 0.312 e. The molecule has 1 aliphatic rings. The fourth-order valence-corrected chi connectivity index (χ4v) is 2.11. The van der Waals surface area contributed by atoms with E-state index >= 15 is 0 Å². The van der Waals surface area contributed by atoms with Crippen molar-refractivity contribution in [2.24, 2.45) is 0 Å². The lowest BCUT2D eigenvalue weighted by Gasteiger charge is -2.26. The summed E-state index contributed by atoms with van der Waals surface area (Å²) in [5.74, 6) is 0.244. The van der Waals surface area contributed by atoms with Crippen molar-refractivity contribution in [3.63, 3.8) is 0 Å². The van der Waals surface area contributed by atoms with E-state index in [0.717, 1.165) is 24.3 Å². The van der Waals surface area contributed by atoms with Crippen molar-refractivity contribution in [1.82, 2.24) is 25.3 Å². The Labute approximate surface area is 116 Å². The highest BCUT2D eigenvalue weighted by Gasteiger charge is 2.21. The van der Waals surface area contributed by atoms with Gasteiger partial charge in [-0.25, -0.2) is 9.67 Å². The molecule has 2 aromatic rings. The Morgan fingerprint density at radius 2 is 2.20 bits per heavy atom. The zero-order valence-corrected chi connectivity index (χ0v) is 11.4. The van der Waals surface area contributed by atoms with Crippen molar-refractivity contribution >= 4 is 11.7 Å². The van der Waals surface area contributed by atoms with Gasteiger partial charge in [0.15, 0.2) is 5.69 Å². The molecule has 0 unspecified atom stereocenters. The van der Waals surface area contributed by atoms with Crippen LogP contribution in [0.5, 0.6) is 0 Å². The molecule has 7 nitrogen and oxygen atoms in total. The number of hydrogen-bond acceptors (Lipinski definition) is 5. The van der Waals surface area contributed by atoms with E-state index < -0.39 is 0 Å². The quantitative estimate of drug-likeness (QED) is 0.858. The fraction of sp³-hybridized carbons (Fsp3) is 0.385. The van der Waals surface area contributed by atoms with Crippen molar-refractivity contribution in [1.29, 1.82) is 0 Å². The summed E-state index contributed by atoms with van der Waals surface area (Å²) in [5, 5.41) is 13.8. The molecule has 0 bridgehead atoms. The molecule has 104 valence electrons. The average molecular weight is 272 g/mol. The second-order valence-corrected chi connectivity index (χ2v) is 5.02. The van der Waals surface area contributed by atoms with E-state index in [1.54, 1.807) is 10.9 Å². The fourth-order valence-electron chi connectivity index (χ4n) is 2.11. The minimum Gasteiger partial charge on any atom is -0.312 e. The van der Waals surface area contributed by atoms with Gasteiger partial charge >= 0.3 is 0 Å². The van der Waals surface area contributed by atoms with Crippen LogP contribution in [0.15, 0.2) is 18.3 Å². The van der Waals surface area contributed by atoms with Gasteiger partial charge in [0, 0.05) is 18.8 Å². The zero-order valence-electron chi connectivity index (χ0n) is 11.4. The van der Waals surface area contributed by atoms with Crippen molar-refractivity contribution in [2.75, 3.05) is 18.4 Å². The van der Waals surface area contributed by atoms with Gasteiger partial charge in [0.1, 0.15) is 5.82 Å². The number of pyridine rings is 1. The number of aromatic nitrogens is 4. The van der Waals surface area contributed by atoms with Crippen LogP contribution in [0.2, 0.25) is 0 Å². The molecule has 0 atom stereocenters. The van der Waals surface area contributed by atoms with E-state index in [1.807, 2.05) is 26.0 Å². The molecule has 0 radical (unpaired) electrons. The zero-order chi connectivity index (χ0) is 14.1. The molecule has 1 aliphatic heterocycles. The Kier molecular flexibility index (Phi) is 3.19. The third kappa shape index (κ3) is 2.53. The molecule has 3 rings (SSSR count). The first-order valence-corrected chi connectivity index (χ1v) is 6.51. The molecule has 2 aromatic heterocycles. The molecule has 0 aromatic carbocycles. The number of aryl methyl sites for hydroxylation is 2. The molecule has 0 spiro atoms. The van der Waals surface area contributed by atoms with Crippen molar-refractivity contribution < 1.29 is 4.79 Å². The van der Waals surface area contributed by atoms with Crippen LogP contribution in [0.4, 0.5) is 5.82 Å². The number of carbonyl (C=O) groups excluding carboxylic acids is 1. The normalized spacial score (nSPS) is 14.9. The predicted octanol–water partition coefficient (Wildman–Crippen LogP) is 0.687. The summed E-state index contributed by atoms with van der Waals surface area (Å²) in [5.41, 5.74) is 2.22. The molecule has 3 heterocycles. The van der Waals surface area contributed by atoms with Crippen molar-refractivity contribution in [2.45, 2.75) is 19.9 Å². The average Bonchev–Trinajstić information content (AvgIpc) is 2.74. The highest BCUT2D eigenvalue weighted by atomic mass is 16.2. The summed E-state index contributed by atoms with van der Waals surface area (Å²) in [6.07, 6.45) is 1.67. The van der Waals surface area contributed by atoms with E-state index in [2.05, 4.69) is 25.9 Å². The second kappa shape index (κ2) is 5.01. The van der Waals surface area contributed by atoms with Gasteiger partial charge in [-0.1, -0.05) is 5.21 Å². The second-order valence-electron chi connectivity index (χ2n) is 5.02. The lowest BCUT2D eigenvalue weighted by Crippen LogP contribution is -2.43. The Morgan fingerprint density at radius 1 is 1.40 bits per heavy atom. The van der Waals surface area contributed by atoms with E-state index in [1.165, 1.54) is 0 Å². The van der Waals surface area contributed by atoms with Gasteiger partial charge in [-0.3, -0.25) is 4.79 Å². The third-order valence-corrected chi connectivity index (χ3v) is 3.22. The summed E-state index contributed by atoms with van der Waals surface area (Å²) in [6, 6.07) is 4.07. The molecule has 0 saturated carbocycles. The molecule has 1 amide bonds. The number of hydrogen-bond donors (Lipinski definition) is 2. The predicted molar refractivity (Wildman–Crippen MR) is 73.6 cm³/mol. The van der Waals surface area contributed by atoms with Crippen LogP contribution >= 0.6 is 0 Å². The van der Waals surface area contributed by atoms with Gasteiger partial charge < -0.3 is 10.6 Å². The molecule has 2 N–H and O–H groups in total. The van der Waals surface area contributed by atoms with E-state index in [0.29, 0.717) is 17.6 Å². The summed E-state index contributed by atoms with van der Waals surface area (Å²) < 4.78 is 1.72. The van der Waals surface area contributed by atoms with Gasteiger partial charge in [-0.15, -0.1) is 5.10 Å². The first kappa shape index (κ1) is 12.7. The minimum absolute atomic E-state index is 0.291. The number of rotatable bonds is 3. The van der Waals surface area contributed by atoms with Crippen LogP contribution in [0, 0.1) is 13.8 Å². The number of amides is 1. The van der Waals surface area contributed by atoms with Crippen LogP contribution in [-0.2, 0) is 0 Å². The van der Waals surface area contributed by atoms with Crippen LogP contribution in [0.3, 0.4) is 0 Å². The summed E-state index contributed by atoms with van der Waals surface area (Å²) in [7, 11) is 0. The van der Waals surface area contributed by atoms with Gasteiger partial charge in [0.2, 0.25) is 0 Å². The lowest BCUT2D eigenvalue weighted by atomic mass is 10.2. The molecule has 20 heavy (non-hydrogen) atoms. The molecule has 1 saturated heterocycles. The van der Waals surface area contributed by atoms with Gasteiger partial charge in [0.05, 0.1) is 12.2 Å². The minimum atomic E-state index is -0.291. The van der Waals surface area contributed by atoms with E-state index in [9.17, 15) is 4.79 Å². The molecular formula is C13H16N6O. The van der Waals surface area contributed by atoms with E-state index in [-0.39, 0.29) is 5.91 Å². The number of anilines is 1. The number of nitrogens with zero attached hydrogens (tertiary/aromatic N) is 4. The van der Waals surface area contributed by atoms with Gasteiger partial charge in [-0.05, 0) is 31.5 Å². The lowest BCUT2D eigenvalue weighted by molar-refractivity contribution is 0.102. The van der Waals surface area contributed by atoms with Crippen LogP contribution in [0.1, 0.15) is 27.8 Å². The maximum atomic E-state index is 12.1. The first-order valence-electron chi connectivity index (χ1n) is 6.51. The van der Waals surface area contributed by atoms with Crippen LogP contribution in [0.25, 0.3) is 0 Å². The summed E-state index contributed by atoms with van der Waals surface area (Å²) >= 11 is 0. The van der Waals surface area contributed by atoms with Crippen molar-refractivity contribution in [3.05, 3.63) is 35.3 Å². The molecule has 0 aliphatic carbocycles. The van der Waals surface area contributed by atoms with E-state index in [4.69, 9.17) is 0 Å². The van der Waals surface area contributed by atoms with Crippen LogP contribution < -0.4 is 10.6 Å². The third-order valence-electron chi connectivity index (χ3n) is 3.22. The molecular weight excluding hydrogens is 256 g/mol. The maximum absolute atomic E-state index is 12.1.